The molecule has 4 nitrogen and oxygen atoms in total. The third-order valence-corrected chi connectivity index (χ3v) is 1.76. The largest absolute Gasteiger partial charge is 0.398 e. The highest BCUT2D eigenvalue weighted by atomic mass is 16.3. The van der Waals surface area contributed by atoms with E-state index in [1.54, 1.807) is 31.2 Å². The van der Waals surface area contributed by atoms with Gasteiger partial charge in [-0.25, -0.2) is 0 Å². The van der Waals surface area contributed by atoms with E-state index in [0.717, 1.165) is 0 Å². The Morgan fingerprint density at radius 3 is 2.79 bits per heavy atom. The molecule has 0 aliphatic carbocycles. The molecule has 1 atom stereocenters. The lowest BCUT2D eigenvalue weighted by atomic mass is 10.1. The molecule has 1 aromatic carbocycles. The van der Waals surface area contributed by atoms with Gasteiger partial charge in [0.25, 0.3) is 5.91 Å². The van der Waals surface area contributed by atoms with Crippen molar-refractivity contribution in [1.82, 2.24) is 5.32 Å². The van der Waals surface area contributed by atoms with E-state index in [9.17, 15) is 4.79 Å². The summed E-state index contributed by atoms with van der Waals surface area (Å²) in [6.07, 6.45) is -0.552. The number of amides is 1. The number of benzene rings is 1. The summed E-state index contributed by atoms with van der Waals surface area (Å²) >= 11 is 0. The lowest BCUT2D eigenvalue weighted by Crippen LogP contribution is -2.30. The zero-order valence-electron chi connectivity index (χ0n) is 8.03. The molecule has 4 heteroatoms. The first-order valence-corrected chi connectivity index (χ1v) is 4.42. The number of nitrogens with one attached hydrogen (secondary N) is 1. The Balaban J connectivity index is 2.65. The van der Waals surface area contributed by atoms with Crippen molar-refractivity contribution in [3.8, 4) is 0 Å². The lowest BCUT2D eigenvalue weighted by molar-refractivity contribution is 0.0925. The Morgan fingerprint density at radius 2 is 2.21 bits per heavy atom. The highest BCUT2D eigenvalue weighted by Crippen LogP contribution is 2.09. The first-order valence-electron chi connectivity index (χ1n) is 4.42. The van der Waals surface area contributed by atoms with Crippen molar-refractivity contribution in [2.75, 3.05) is 12.3 Å². The van der Waals surface area contributed by atoms with Crippen molar-refractivity contribution >= 4 is 11.6 Å². The average Bonchev–Trinajstić information content (AvgIpc) is 2.15. The fourth-order valence-corrected chi connectivity index (χ4v) is 1.04. The molecule has 0 heterocycles. The fourth-order valence-electron chi connectivity index (χ4n) is 1.04. The summed E-state index contributed by atoms with van der Waals surface area (Å²) in [7, 11) is 0. The lowest BCUT2D eigenvalue weighted by Gasteiger charge is -2.08. The Bertz CT molecular complexity index is 324. The molecule has 1 amide bonds. The number of carbonyl (C=O) groups is 1. The monoisotopic (exact) mass is 194 g/mol. The molecule has 0 fully saturated rings. The molecule has 1 unspecified atom stereocenters. The molecule has 1 rings (SSSR count). The summed E-state index contributed by atoms with van der Waals surface area (Å²) in [6.45, 7) is 1.84. The van der Waals surface area contributed by atoms with Crippen molar-refractivity contribution in [3.63, 3.8) is 0 Å². The van der Waals surface area contributed by atoms with Gasteiger partial charge in [0.15, 0.2) is 0 Å². The second-order valence-corrected chi connectivity index (χ2v) is 3.15. The molecule has 14 heavy (non-hydrogen) atoms. The molecule has 0 bridgehead atoms. The van der Waals surface area contributed by atoms with Gasteiger partial charge in [-0.3, -0.25) is 4.79 Å². The molecule has 0 saturated heterocycles. The zero-order chi connectivity index (χ0) is 10.6. The quantitative estimate of drug-likeness (QED) is 0.609. The van der Waals surface area contributed by atoms with Gasteiger partial charge >= 0.3 is 0 Å². The number of nitrogen functional groups attached to an aromatic ring is 1. The predicted octanol–water partition coefficient (Wildman–Crippen LogP) is 0.379. The minimum atomic E-state index is -0.552. The Hall–Kier alpha value is -1.55. The number of anilines is 1. The number of para-hydroxylation sites is 1. The van der Waals surface area contributed by atoms with Gasteiger partial charge in [-0.05, 0) is 19.1 Å². The third kappa shape index (κ3) is 2.74. The maximum absolute atomic E-state index is 11.5. The van der Waals surface area contributed by atoms with Crippen LogP contribution in [-0.2, 0) is 0 Å². The Kier molecular flexibility index (Phi) is 3.48. The molecule has 0 radical (unpaired) electrons. The summed E-state index contributed by atoms with van der Waals surface area (Å²) in [5.41, 5.74) is 6.48. The van der Waals surface area contributed by atoms with E-state index in [2.05, 4.69) is 5.32 Å². The van der Waals surface area contributed by atoms with Crippen LogP contribution in [0.3, 0.4) is 0 Å². The summed E-state index contributed by atoms with van der Waals surface area (Å²) in [4.78, 5) is 11.5. The van der Waals surface area contributed by atoms with Crippen LogP contribution in [0.5, 0.6) is 0 Å². The molecule has 1 aromatic rings. The molecule has 0 saturated carbocycles. The van der Waals surface area contributed by atoms with Gasteiger partial charge in [-0.2, -0.15) is 0 Å². The van der Waals surface area contributed by atoms with Crippen molar-refractivity contribution in [2.45, 2.75) is 13.0 Å². The van der Waals surface area contributed by atoms with Gasteiger partial charge in [0.1, 0.15) is 0 Å². The third-order valence-electron chi connectivity index (χ3n) is 1.76. The zero-order valence-corrected chi connectivity index (χ0v) is 8.03. The van der Waals surface area contributed by atoms with Gasteiger partial charge in [0.2, 0.25) is 0 Å². The average molecular weight is 194 g/mol. The van der Waals surface area contributed by atoms with E-state index in [1.165, 1.54) is 0 Å². The van der Waals surface area contributed by atoms with Crippen LogP contribution in [-0.4, -0.2) is 23.7 Å². The number of hydrogen-bond donors (Lipinski definition) is 3. The van der Waals surface area contributed by atoms with Crippen LogP contribution >= 0.6 is 0 Å². The maximum Gasteiger partial charge on any atom is 0.253 e. The standard InChI is InChI=1S/C10H14N2O2/c1-7(13)6-12-10(14)8-4-2-3-5-9(8)11/h2-5,7,13H,6,11H2,1H3,(H,12,14). The molecule has 0 aliphatic heterocycles. The van der Waals surface area contributed by atoms with Gasteiger partial charge < -0.3 is 16.2 Å². The molecular weight excluding hydrogens is 180 g/mol. The van der Waals surface area contributed by atoms with Crippen LogP contribution in [0.1, 0.15) is 17.3 Å². The Morgan fingerprint density at radius 1 is 1.57 bits per heavy atom. The minimum Gasteiger partial charge on any atom is -0.398 e. The first-order chi connectivity index (χ1) is 6.61. The van der Waals surface area contributed by atoms with Crippen molar-refractivity contribution in [1.29, 1.82) is 0 Å². The number of aliphatic hydroxyl groups excluding tert-OH is 1. The summed E-state index contributed by atoms with van der Waals surface area (Å²) in [5.74, 6) is -0.260. The summed E-state index contributed by atoms with van der Waals surface area (Å²) in [5, 5.41) is 11.5. The van der Waals surface area contributed by atoms with E-state index in [0.29, 0.717) is 11.3 Å². The molecule has 0 aromatic heterocycles. The van der Waals surface area contributed by atoms with E-state index < -0.39 is 6.10 Å². The summed E-state index contributed by atoms with van der Waals surface area (Å²) < 4.78 is 0. The number of aliphatic hydroxyl groups is 1. The van der Waals surface area contributed by atoms with Crippen LogP contribution in [0.4, 0.5) is 5.69 Å². The van der Waals surface area contributed by atoms with Crippen molar-refractivity contribution in [3.05, 3.63) is 29.8 Å². The minimum absolute atomic E-state index is 0.229. The Labute approximate surface area is 82.7 Å². The molecular formula is C10H14N2O2. The summed E-state index contributed by atoms with van der Waals surface area (Å²) in [6, 6.07) is 6.82. The van der Waals surface area contributed by atoms with Crippen molar-refractivity contribution in [2.24, 2.45) is 0 Å². The number of hydrogen-bond acceptors (Lipinski definition) is 3. The van der Waals surface area contributed by atoms with Gasteiger partial charge in [-0.15, -0.1) is 0 Å². The second-order valence-electron chi connectivity index (χ2n) is 3.15. The number of nitrogens with two attached hydrogens (primary N) is 1. The number of carbonyl (C=O) groups excluding carboxylic acids is 1. The van der Waals surface area contributed by atoms with Crippen LogP contribution in [0, 0.1) is 0 Å². The number of rotatable bonds is 3. The first kappa shape index (κ1) is 10.5. The normalized spacial score (nSPS) is 12.1. The van der Waals surface area contributed by atoms with Gasteiger partial charge in [0.05, 0.1) is 11.7 Å². The van der Waals surface area contributed by atoms with Crippen LogP contribution in [0.15, 0.2) is 24.3 Å². The smallest absolute Gasteiger partial charge is 0.253 e. The van der Waals surface area contributed by atoms with Crippen molar-refractivity contribution < 1.29 is 9.90 Å². The van der Waals surface area contributed by atoms with E-state index in [1.807, 2.05) is 0 Å². The second kappa shape index (κ2) is 4.62. The van der Waals surface area contributed by atoms with Crippen LogP contribution in [0.25, 0.3) is 0 Å². The fraction of sp³-hybridized carbons (Fsp3) is 0.300. The topological polar surface area (TPSA) is 75.3 Å². The predicted molar refractivity (Wildman–Crippen MR) is 54.9 cm³/mol. The van der Waals surface area contributed by atoms with Gasteiger partial charge in [-0.1, -0.05) is 12.1 Å². The molecule has 0 aliphatic rings. The van der Waals surface area contributed by atoms with E-state index >= 15 is 0 Å². The molecule has 76 valence electrons. The van der Waals surface area contributed by atoms with E-state index in [-0.39, 0.29) is 12.5 Å². The van der Waals surface area contributed by atoms with Crippen LogP contribution < -0.4 is 11.1 Å². The van der Waals surface area contributed by atoms with Gasteiger partial charge in [0, 0.05) is 12.2 Å². The van der Waals surface area contributed by atoms with E-state index in [4.69, 9.17) is 10.8 Å². The van der Waals surface area contributed by atoms with Crippen LogP contribution in [0.2, 0.25) is 0 Å². The highest BCUT2D eigenvalue weighted by Gasteiger charge is 2.08. The molecule has 0 spiro atoms. The maximum atomic E-state index is 11.5. The molecule has 4 N–H and O–H groups in total. The SMILES string of the molecule is CC(O)CNC(=O)c1ccccc1N. The highest BCUT2D eigenvalue weighted by molar-refractivity contribution is 5.99.